The lowest BCUT2D eigenvalue weighted by Gasteiger charge is -2.49. The number of hydrogen-bond acceptors (Lipinski definition) is 7. The Morgan fingerprint density at radius 2 is 2.08 bits per heavy atom. The van der Waals surface area contributed by atoms with E-state index < -0.39 is 45.0 Å². The second-order valence-electron chi connectivity index (χ2n) is 5.68. The summed E-state index contributed by atoms with van der Waals surface area (Å²) in [6, 6.07) is -0.951. The zero-order valence-corrected chi connectivity index (χ0v) is 15.5. The van der Waals surface area contributed by atoms with Gasteiger partial charge in [-0.05, 0) is 5.57 Å². The van der Waals surface area contributed by atoms with Crippen molar-refractivity contribution in [1.29, 1.82) is 0 Å². The molecule has 0 aromatic heterocycles. The number of amides is 2. The highest BCUT2D eigenvalue weighted by Gasteiger charge is 2.54. The van der Waals surface area contributed by atoms with Crippen LogP contribution in [0.25, 0.3) is 0 Å². The van der Waals surface area contributed by atoms with Gasteiger partial charge in [-0.3, -0.25) is 14.5 Å². The highest BCUT2D eigenvalue weighted by molar-refractivity contribution is 8.00. The SMILES string of the molecule is COCC1=C(C(=O)O)N2C(=O)C(NC(=O)CS(=O)(=O)N(C)C)[C@@H]2SC1. The molecule has 1 saturated heterocycles. The summed E-state index contributed by atoms with van der Waals surface area (Å²) >= 11 is 1.29. The normalized spacial score (nSPS) is 23.4. The molecule has 0 bridgehead atoms. The zero-order valence-electron chi connectivity index (χ0n) is 13.9. The lowest BCUT2D eigenvalue weighted by molar-refractivity contribution is -0.150. The highest BCUT2D eigenvalue weighted by atomic mass is 32.2. The smallest absolute Gasteiger partial charge is 0.352 e. The quantitative estimate of drug-likeness (QED) is 0.487. The Hall–Kier alpha value is -1.63. The van der Waals surface area contributed by atoms with Crippen LogP contribution < -0.4 is 5.32 Å². The molecule has 2 atom stereocenters. The van der Waals surface area contributed by atoms with Gasteiger partial charge in [-0.25, -0.2) is 17.5 Å². The molecule has 10 nitrogen and oxygen atoms in total. The van der Waals surface area contributed by atoms with E-state index in [2.05, 4.69) is 5.32 Å². The molecule has 2 aliphatic rings. The minimum atomic E-state index is -3.74. The number of nitrogens with zero attached hydrogens (tertiary/aromatic N) is 2. The van der Waals surface area contributed by atoms with Gasteiger partial charge in [-0.1, -0.05) is 0 Å². The number of carbonyl (C=O) groups excluding carboxylic acids is 2. The van der Waals surface area contributed by atoms with Gasteiger partial charge in [-0.15, -0.1) is 11.8 Å². The number of fused-ring (bicyclic) bond motifs is 1. The van der Waals surface area contributed by atoms with Gasteiger partial charge in [0.2, 0.25) is 15.9 Å². The van der Waals surface area contributed by atoms with Gasteiger partial charge >= 0.3 is 5.97 Å². The molecule has 0 saturated carbocycles. The number of carbonyl (C=O) groups is 3. The van der Waals surface area contributed by atoms with E-state index in [1.165, 1.54) is 33.0 Å². The molecule has 0 spiro atoms. The van der Waals surface area contributed by atoms with Crippen molar-refractivity contribution in [2.75, 3.05) is 39.3 Å². The van der Waals surface area contributed by atoms with E-state index in [1.807, 2.05) is 0 Å². The topological polar surface area (TPSA) is 133 Å². The lowest BCUT2D eigenvalue weighted by Crippen LogP contribution is -2.71. The second-order valence-corrected chi connectivity index (χ2v) is 8.97. The Bertz CT molecular complexity index is 732. The van der Waals surface area contributed by atoms with Crippen molar-refractivity contribution in [2.45, 2.75) is 11.4 Å². The van der Waals surface area contributed by atoms with Crippen molar-refractivity contribution < 1.29 is 32.6 Å². The largest absolute Gasteiger partial charge is 0.477 e. The van der Waals surface area contributed by atoms with Crippen LogP contribution in [0.3, 0.4) is 0 Å². The fourth-order valence-corrected chi connectivity index (χ4v) is 4.48. The maximum atomic E-state index is 12.3. The Labute approximate surface area is 149 Å². The van der Waals surface area contributed by atoms with Crippen LogP contribution in [-0.4, -0.2) is 91.2 Å². The number of ether oxygens (including phenoxy) is 1. The number of aliphatic carboxylic acids is 1. The molecule has 2 rings (SSSR count). The number of rotatable bonds is 7. The highest BCUT2D eigenvalue weighted by Crippen LogP contribution is 2.40. The van der Waals surface area contributed by atoms with Crippen LogP contribution in [0.15, 0.2) is 11.3 Å². The van der Waals surface area contributed by atoms with Crippen LogP contribution in [0.4, 0.5) is 0 Å². The zero-order chi connectivity index (χ0) is 18.9. The molecular weight excluding hydrogens is 374 g/mol. The number of nitrogens with one attached hydrogen (secondary N) is 1. The number of thioether (sulfide) groups is 1. The molecule has 140 valence electrons. The summed E-state index contributed by atoms with van der Waals surface area (Å²) in [5.41, 5.74) is 0.339. The van der Waals surface area contributed by atoms with Gasteiger partial charge in [0.15, 0.2) is 0 Å². The first-order chi connectivity index (χ1) is 11.6. The Kier molecular flexibility index (Phi) is 5.76. The van der Waals surface area contributed by atoms with Crippen LogP contribution in [0, 0.1) is 0 Å². The van der Waals surface area contributed by atoms with E-state index in [0.717, 1.165) is 9.21 Å². The molecule has 25 heavy (non-hydrogen) atoms. The van der Waals surface area contributed by atoms with Crippen LogP contribution in [0.1, 0.15) is 0 Å². The van der Waals surface area contributed by atoms with E-state index in [1.54, 1.807) is 0 Å². The first-order valence-electron chi connectivity index (χ1n) is 7.18. The molecule has 2 heterocycles. The first kappa shape index (κ1) is 19.7. The van der Waals surface area contributed by atoms with Gasteiger partial charge in [0.25, 0.3) is 5.91 Å². The molecule has 2 N–H and O–H groups in total. The number of carboxylic acid groups (broad SMARTS) is 1. The number of carboxylic acids is 1. The van der Waals surface area contributed by atoms with E-state index in [-0.39, 0.29) is 12.3 Å². The molecule has 2 amide bonds. The summed E-state index contributed by atoms with van der Waals surface area (Å²) in [7, 11) is 0.287. The molecule has 0 aliphatic carbocycles. The Morgan fingerprint density at radius 1 is 1.44 bits per heavy atom. The van der Waals surface area contributed by atoms with Crippen molar-refractivity contribution in [3.63, 3.8) is 0 Å². The van der Waals surface area contributed by atoms with Crippen LogP contribution in [0.2, 0.25) is 0 Å². The minimum absolute atomic E-state index is 0.0865. The Balaban J connectivity index is 2.11. The predicted octanol–water partition coefficient (Wildman–Crippen LogP) is -1.74. The van der Waals surface area contributed by atoms with E-state index >= 15 is 0 Å². The standard InChI is InChI=1S/C13H19N3O7S2/c1-15(2)25(21,22)6-8(17)14-9-11(18)16-10(13(19)20)7(4-23-3)5-24-12(9)16/h9,12H,4-6H2,1-3H3,(H,14,17)(H,19,20)/t9?,12-/m0/s1. The van der Waals surface area contributed by atoms with Crippen LogP contribution in [-0.2, 0) is 29.1 Å². The van der Waals surface area contributed by atoms with Crippen molar-refractivity contribution >= 4 is 39.6 Å². The number of methoxy groups -OCH3 is 1. The minimum Gasteiger partial charge on any atom is -0.477 e. The summed E-state index contributed by atoms with van der Waals surface area (Å²) in [6.45, 7) is 0.0865. The van der Waals surface area contributed by atoms with Crippen molar-refractivity contribution in [3.05, 3.63) is 11.3 Å². The van der Waals surface area contributed by atoms with E-state index in [4.69, 9.17) is 4.74 Å². The summed E-state index contributed by atoms with van der Waals surface area (Å²) in [4.78, 5) is 36.8. The summed E-state index contributed by atoms with van der Waals surface area (Å²) in [6.07, 6.45) is 0. The number of sulfonamides is 1. The van der Waals surface area contributed by atoms with Crippen LogP contribution >= 0.6 is 11.8 Å². The Morgan fingerprint density at radius 3 is 2.60 bits per heavy atom. The molecule has 12 heteroatoms. The summed E-state index contributed by atoms with van der Waals surface area (Å²) in [5.74, 6) is -3.08. The summed E-state index contributed by atoms with van der Waals surface area (Å²) < 4.78 is 29.3. The number of hydrogen-bond donors (Lipinski definition) is 2. The molecule has 1 unspecified atom stereocenters. The fraction of sp³-hybridized carbons (Fsp3) is 0.615. The molecule has 2 aliphatic heterocycles. The van der Waals surface area contributed by atoms with Gasteiger partial charge in [0.05, 0.1) is 6.61 Å². The van der Waals surface area contributed by atoms with Crippen molar-refractivity contribution in [1.82, 2.24) is 14.5 Å². The van der Waals surface area contributed by atoms with Gasteiger partial charge in [0, 0.05) is 27.0 Å². The molecule has 1 fully saturated rings. The molecule has 0 aromatic rings. The lowest BCUT2D eigenvalue weighted by atomic mass is 10.0. The van der Waals surface area contributed by atoms with Gasteiger partial charge in [-0.2, -0.15) is 0 Å². The summed E-state index contributed by atoms with van der Waals surface area (Å²) in [5, 5.41) is 11.2. The molecule has 0 radical (unpaired) electrons. The third kappa shape index (κ3) is 3.81. The van der Waals surface area contributed by atoms with Crippen molar-refractivity contribution in [2.24, 2.45) is 0 Å². The third-order valence-electron chi connectivity index (χ3n) is 3.75. The monoisotopic (exact) mass is 393 g/mol. The van der Waals surface area contributed by atoms with E-state index in [9.17, 15) is 27.9 Å². The average molecular weight is 393 g/mol. The van der Waals surface area contributed by atoms with Crippen molar-refractivity contribution in [3.8, 4) is 0 Å². The maximum absolute atomic E-state index is 12.3. The average Bonchev–Trinajstić information content (AvgIpc) is 2.51. The number of β-lactam (4-membered cyclic amide) rings is 1. The van der Waals surface area contributed by atoms with E-state index in [0.29, 0.717) is 11.3 Å². The second kappa shape index (κ2) is 7.32. The maximum Gasteiger partial charge on any atom is 0.352 e. The van der Waals surface area contributed by atoms with Gasteiger partial charge < -0.3 is 15.2 Å². The molecular formula is C13H19N3O7S2. The van der Waals surface area contributed by atoms with Gasteiger partial charge in [0.1, 0.15) is 22.9 Å². The first-order valence-corrected chi connectivity index (χ1v) is 9.84. The predicted molar refractivity (Wildman–Crippen MR) is 89.0 cm³/mol. The fourth-order valence-electron chi connectivity index (χ4n) is 2.48. The molecule has 0 aromatic carbocycles. The third-order valence-corrected chi connectivity index (χ3v) is 6.83. The van der Waals surface area contributed by atoms with Crippen LogP contribution in [0.5, 0.6) is 0 Å².